The van der Waals surface area contributed by atoms with Gasteiger partial charge in [0.2, 0.25) is 21.8 Å². The Hall–Kier alpha value is -2.53. The first-order valence-electron chi connectivity index (χ1n) is 8.41. The van der Waals surface area contributed by atoms with Crippen LogP contribution in [0.5, 0.6) is 0 Å². The topological polar surface area (TPSA) is 116 Å². The maximum absolute atomic E-state index is 13.2. The molecule has 9 nitrogen and oxygen atoms in total. The van der Waals surface area contributed by atoms with Crippen LogP contribution in [0.25, 0.3) is 0 Å². The molecule has 11 heteroatoms. The van der Waals surface area contributed by atoms with Gasteiger partial charge in [-0.2, -0.15) is 0 Å². The minimum Gasteiger partial charge on any atom is -0.340 e. The van der Waals surface area contributed by atoms with E-state index in [1.54, 1.807) is 0 Å². The van der Waals surface area contributed by atoms with Gasteiger partial charge in [0, 0.05) is 26.1 Å². The van der Waals surface area contributed by atoms with Crippen LogP contribution in [-0.4, -0.2) is 68.3 Å². The van der Waals surface area contributed by atoms with E-state index in [0.717, 1.165) is 17.0 Å². The molecule has 0 radical (unpaired) electrons. The molecule has 2 aliphatic heterocycles. The van der Waals surface area contributed by atoms with Gasteiger partial charge >= 0.3 is 6.03 Å². The van der Waals surface area contributed by atoms with E-state index in [4.69, 9.17) is 0 Å². The van der Waals surface area contributed by atoms with Gasteiger partial charge in [0.25, 0.3) is 0 Å². The maximum Gasteiger partial charge on any atom is 0.324 e. The number of nitrogens with zero attached hydrogens (tertiary/aromatic N) is 2. The number of carbonyl (C=O) groups is 3. The van der Waals surface area contributed by atoms with Crippen molar-refractivity contribution in [2.75, 3.05) is 26.2 Å². The smallest absolute Gasteiger partial charge is 0.324 e. The monoisotopic (exact) mass is 398 g/mol. The van der Waals surface area contributed by atoms with Crippen molar-refractivity contribution in [2.45, 2.75) is 23.8 Å². The molecule has 1 aromatic rings. The van der Waals surface area contributed by atoms with Gasteiger partial charge in [-0.3, -0.25) is 14.5 Å². The van der Waals surface area contributed by atoms with Gasteiger partial charge in [0.15, 0.2) is 0 Å². The minimum atomic E-state index is -3.91. The number of benzene rings is 1. The molecular formula is C16H19FN4O5S. The molecule has 0 spiro atoms. The van der Waals surface area contributed by atoms with Crippen LogP contribution >= 0.6 is 0 Å². The first-order valence-corrected chi connectivity index (χ1v) is 9.89. The molecular weight excluding hydrogens is 379 g/mol. The summed E-state index contributed by atoms with van der Waals surface area (Å²) in [6.45, 7) is 0.443. The lowest BCUT2D eigenvalue weighted by molar-refractivity contribution is -0.131. The Balaban J connectivity index is 1.50. The third-order valence-electron chi connectivity index (χ3n) is 4.50. The highest BCUT2D eigenvalue weighted by atomic mass is 32.2. The molecule has 1 atom stereocenters. The molecule has 2 N–H and O–H groups in total. The number of hydrogen-bond donors (Lipinski definition) is 2. The number of hydrogen-bond acceptors (Lipinski definition) is 5. The average Bonchev–Trinajstić information content (AvgIpc) is 3.21. The number of amides is 4. The Kier molecular flexibility index (Phi) is 5.42. The van der Waals surface area contributed by atoms with Gasteiger partial charge < -0.3 is 10.2 Å². The van der Waals surface area contributed by atoms with E-state index in [0.29, 0.717) is 13.0 Å². The van der Waals surface area contributed by atoms with Crippen molar-refractivity contribution in [1.82, 2.24) is 19.8 Å². The second-order valence-electron chi connectivity index (χ2n) is 6.31. The van der Waals surface area contributed by atoms with Crippen LogP contribution in [0.1, 0.15) is 12.8 Å². The van der Waals surface area contributed by atoms with Crippen molar-refractivity contribution in [3.05, 3.63) is 30.1 Å². The molecule has 0 bridgehead atoms. The van der Waals surface area contributed by atoms with Crippen molar-refractivity contribution < 1.29 is 27.2 Å². The van der Waals surface area contributed by atoms with Gasteiger partial charge in [0.05, 0.1) is 17.5 Å². The van der Waals surface area contributed by atoms with Gasteiger partial charge in [-0.1, -0.05) is 6.07 Å². The number of likely N-dealkylation sites (tertiary alicyclic amines) is 1. The van der Waals surface area contributed by atoms with Gasteiger partial charge in [-0.05, 0) is 24.6 Å². The number of rotatable bonds is 6. The molecule has 0 saturated carbocycles. The predicted octanol–water partition coefficient (Wildman–Crippen LogP) is -0.353. The lowest BCUT2D eigenvalue weighted by Gasteiger charge is -2.21. The molecule has 0 aromatic heterocycles. The minimum absolute atomic E-state index is 0.0366. The van der Waals surface area contributed by atoms with E-state index in [1.165, 1.54) is 17.0 Å². The summed E-state index contributed by atoms with van der Waals surface area (Å²) >= 11 is 0. The lowest BCUT2D eigenvalue weighted by Crippen LogP contribution is -2.43. The molecule has 2 fully saturated rings. The van der Waals surface area contributed by atoms with E-state index in [-0.39, 0.29) is 48.8 Å². The number of urea groups is 1. The van der Waals surface area contributed by atoms with Crippen molar-refractivity contribution in [3.8, 4) is 0 Å². The SMILES string of the molecule is O=C(CCNS(=O)(=O)c1cccc(F)c1)N1CCC(N2C(=O)CNC2=O)C1. The zero-order valence-corrected chi connectivity index (χ0v) is 15.2. The number of imide groups is 1. The summed E-state index contributed by atoms with van der Waals surface area (Å²) in [5, 5.41) is 2.44. The summed E-state index contributed by atoms with van der Waals surface area (Å²) in [6.07, 6.45) is 0.404. The quantitative estimate of drug-likeness (QED) is 0.636. The lowest BCUT2D eigenvalue weighted by atomic mass is 10.2. The average molecular weight is 398 g/mol. The first kappa shape index (κ1) is 19.2. The van der Waals surface area contributed by atoms with E-state index >= 15 is 0 Å². The summed E-state index contributed by atoms with van der Waals surface area (Å²) in [4.78, 5) is 38.1. The number of halogens is 1. The molecule has 2 saturated heterocycles. The van der Waals surface area contributed by atoms with Gasteiger partial charge in [-0.25, -0.2) is 22.3 Å². The van der Waals surface area contributed by atoms with Crippen LogP contribution in [0.3, 0.4) is 0 Å². The summed E-state index contributed by atoms with van der Waals surface area (Å²) < 4.78 is 39.6. The summed E-state index contributed by atoms with van der Waals surface area (Å²) in [7, 11) is -3.91. The Morgan fingerprint density at radius 3 is 2.78 bits per heavy atom. The van der Waals surface area contributed by atoms with Crippen molar-refractivity contribution in [2.24, 2.45) is 0 Å². The maximum atomic E-state index is 13.2. The summed E-state index contributed by atoms with van der Waals surface area (Å²) in [6, 6.07) is 3.76. The molecule has 1 unspecified atom stereocenters. The van der Waals surface area contributed by atoms with Crippen molar-refractivity contribution in [1.29, 1.82) is 0 Å². The van der Waals surface area contributed by atoms with Crippen molar-refractivity contribution >= 4 is 27.9 Å². The largest absolute Gasteiger partial charge is 0.340 e. The van der Waals surface area contributed by atoms with E-state index in [2.05, 4.69) is 10.0 Å². The Morgan fingerprint density at radius 2 is 2.11 bits per heavy atom. The van der Waals surface area contributed by atoms with Crippen LogP contribution in [0.4, 0.5) is 9.18 Å². The van der Waals surface area contributed by atoms with Gasteiger partial charge in [-0.15, -0.1) is 0 Å². The van der Waals surface area contributed by atoms with Crippen LogP contribution in [0, 0.1) is 5.82 Å². The van der Waals surface area contributed by atoms with Gasteiger partial charge in [0.1, 0.15) is 5.82 Å². The standard InChI is InChI=1S/C16H19FN4O5S/c17-11-2-1-3-13(8-11)27(25,26)19-6-4-14(22)20-7-5-12(10-20)21-15(23)9-18-16(21)24/h1-3,8,12,19H,4-7,9-10H2,(H,18,24). The third-order valence-corrected chi connectivity index (χ3v) is 5.96. The Bertz CT molecular complexity index is 859. The molecule has 146 valence electrons. The first-order chi connectivity index (χ1) is 12.8. The van der Waals surface area contributed by atoms with Crippen LogP contribution in [-0.2, 0) is 19.6 Å². The number of nitrogens with one attached hydrogen (secondary N) is 2. The zero-order chi connectivity index (χ0) is 19.6. The molecule has 2 heterocycles. The highest BCUT2D eigenvalue weighted by Crippen LogP contribution is 2.19. The zero-order valence-electron chi connectivity index (χ0n) is 14.4. The third kappa shape index (κ3) is 4.25. The van der Waals surface area contributed by atoms with E-state index in [1.807, 2.05) is 0 Å². The molecule has 4 amide bonds. The van der Waals surface area contributed by atoms with Crippen LogP contribution in [0.15, 0.2) is 29.2 Å². The molecule has 1 aromatic carbocycles. The fourth-order valence-corrected chi connectivity index (χ4v) is 4.21. The number of carbonyl (C=O) groups excluding carboxylic acids is 3. The Morgan fingerprint density at radius 1 is 1.33 bits per heavy atom. The van der Waals surface area contributed by atoms with Crippen LogP contribution in [0.2, 0.25) is 0 Å². The molecule has 3 rings (SSSR count). The summed E-state index contributed by atoms with van der Waals surface area (Å²) in [5.74, 6) is -1.27. The fraction of sp³-hybridized carbons (Fsp3) is 0.438. The second kappa shape index (κ2) is 7.61. The normalized spacial score (nSPS) is 20.3. The number of sulfonamides is 1. The predicted molar refractivity (Wildman–Crippen MR) is 91.4 cm³/mol. The fourth-order valence-electron chi connectivity index (χ4n) is 3.15. The summed E-state index contributed by atoms with van der Waals surface area (Å²) in [5.41, 5.74) is 0. The molecule has 0 aliphatic carbocycles. The van der Waals surface area contributed by atoms with Crippen LogP contribution < -0.4 is 10.0 Å². The second-order valence-corrected chi connectivity index (χ2v) is 8.08. The van der Waals surface area contributed by atoms with E-state index < -0.39 is 21.9 Å². The molecule has 2 aliphatic rings. The molecule has 27 heavy (non-hydrogen) atoms. The highest BCUT2D eigenvalue weighted by molar-refractivity contribution is 7.89. The Labute approximate surface area is 155 Å². The van der Waals surface area contributed by atoms with E-state index in [9.17, 15) is 27.2 Å². The highest BCUT2D eigenvalue weighted by Gasteiger charge is 2.39. The van der Waals surface area contributed by atoms with Crippen molar-refractivity contribution in [3.63, 3.8) is 0 Å².